The fraction of sp³-hybridized carbons (Fsp3) is 0.467. The summed E-state index contributed by atoms with van der Waals surface area (Å²) < 4.78 is 6.03. The molecular weight excluding hydrogens is 396 g/mol. The van der Waals surface area contributed by atoms with Crippen LogP contribution < -0.4 is 5.32 Å². The van der Waals surface area contributed by atoms with Gasteiger partial charge in [-0.3, -0.25) is 9.59 Å². The van der Waals surface area contributed by atoms with Crippen molar-refractivity contribution in [1.82, 2.24) is 20.4 Å². The summed E-state index contributed by atoms with van der Waals surface area (Å²) in [6.45, 7) is 6.01. The minimum Gasteiger partial charge on any atom is -0.347 e. The average Bonchev–Trinajstić information content (AvgIpc) is 3.12. The van der Waals surface area contributed by atoms with E-state index in [2.05, 4.69) is 31.4 Å². The molecule has 2 heterocycles. The molecule has 2 aromatic rings. The van der Waals surface area contributed by atoms with Crippen LogP contribution in [0.15, 0.2) is 20.4 Å². The van der Waals surface area contributed by atoms with E-state index < -0.39 is 0 Å². The molecule has 0 fully saturated rings. The Bertz CT molecular complexity index is 735. The van der Waals surface area contributed by atoms with Crippen molar-refractivity contribution in [1.29, 1.82) is 0 Å². The maximum Gasteiger partial charge on any atom is 0.264 e. The topological polar surface area (TPSA) is 88.3 Å². The number of rotatable bonds is 5. The number of amides is 2. The fourth-order valence-corrected chi connectivity index (χ4v) is 3.15. The van der Waals surface area contributed by atoms with Gasteiger partial charge in [0.2, 0.25) is 11.8 Å². The SMILES string of the molecule is CN(CC(=O)NCc1noc(C(C)(C)C)n1)C(=O)c1ccc(Br)s1. The van der Waals surface area contributed by atoms with Gasteiger partial charge < -0.3 is 14.7 Å². The lowest BCUT2D eigenvalue weighted by Gasteiger charge is -2.15. The quantitative estimate of drug-likeness (QED) is 0.811. The zero-order valence-corrected chi connectivity index (χ0v) is 16.3. The summed E-state index contributed by atoms with van der Waals surface area (Å²) in [4.78, 5) is 30.3. The van der Waals surface area contributed by atoms with Gasteiger partial charge in [-0.15, -0.1) is 11.3 Å². The molecule has 0 aliphatic carbocycles. The van der Waals surface area contributed by atoms with Gasteiger partial charge in [0.25, 0.3) is 5.91 Å². The van der Waals surface area contributed by atoms with E-state index >= 15 is 0 Å². The summed E-state index contributed by atoms with van der Waals surface area (Å²) in [5, 5.41) is 6.52. The Hall–Kier alpha value is -1.74. The maximum absolute atomic E-state index is 12.2. The molecule has 2 rings (SSSR count). The molecule has 1 N–H and O–H groups in total. The first-order valence-electron chi connectivity index (χ1n) is 7.27. The molecule has 0 saturated heterocycles. The first-order chi connectivity index (χ1) is 11.2. The van der Waals surface area contributed by atoms with Crippen LogP contribution in [0.5, 0.6) is 0 Å². The fourth-order valence-electron chi connectivity index (χ4n) is 1.77. The smallest absolute Gasteiger partial charge is 0.264 e. The first kappa shape index (κ1) is 18.6. The molecule has 2 aromatic heterocycles. The Labute approximate surface area is 152 Å². The average molecular weight is 415 g/mol. The predicted molar refractivity (Wildman–Crippen MR) is 93.8 cm³/mol. The van der Waals surface area contributed by atoms with Crippen LogP contribution in [0.3, 0.4) is 0 Å². The highest BCUT2D eigenvalue weighted by Gasteiger charge is 2.22. The van der Waals surface area contributed by atoms with Gasteiger partial charge in [0, 0.05) is 12.5 Å². The van der Waals surface area contributed by atoms with Gasteiger partial charge >= 0.3 is 0 Å². The van der Waals surface area contributed by atoms with Crippen LogP contribution in [0.4, 0.5) is 0 Å². The molecule has 130 valence electrons. The van der Waals surface area contributed by atoms with Gasteiger partial charge in [0.05, 0.1) is 21.8 Å². The van der Waals surface area contributed by atoms with Crippen LogP contribution in [0, 0.1) is 0 Å². The summed E-state index contributed by atoms with van der Waals surface area (Å²) >= 11 is 4.64. The van der Waals surface area contributed by atoms with Crippen molar-refractivity contribution in [2.24, 2.45) is 0 Å². The molecule has 7 nitrogen and oxygen atoms in total. The highest BCUT2D eigenvalue weighted by Crippen LogP contribution is 2.23. The summed E-state index contributed by atoms with van der Waals surface area (Å²) in [5.41, 5.74) is -0.239. The third-order valence-corrected chi connectivity index (χ3v) is 4.68. The predicted octanol–water partition coefficient (Wildman–Crippen LogP) is 2.58. The van der Waals surface area contributed by atoms with Crippen molar-refractivity contribution in [3.63, 3.8) is 0 Å². The normalized spacial score (nSPS) is 11.4. The van der Waals surface area contributed by atoms with E-state index in [1.807, 2.05) is 20.8 Å². The molecular formula is C15H19BrN4O3S. The molecule has 0 spiro atoms. The molecule has 0 unspecified atom stereocenters. The second kappa shape index (κ2) is 7.43. The molecule has 2 amide bonds. The molecule has 9 heteroatoms. The van der Waals surface area contributed by atoms with Crippen LogP contribution in [0.2, 0.25) is 0 Å². The number of halogens is 1. The maximum atomic E-state index is 12.2. The van der Waals surface area contributed by atoms with E-state index in [9.17, 15) is 9.59 Å². The second-order valence-corrected chi connectivity index (χ2v) is 8.77. The van der Waals surface area contributed by atoms with E-state index in [0.29, 0.717) is 16.6 Å². The summed E-state index contributed by atoms with van der Waals surface area (Å²) in [6, 6.07) is 3.52. The number of hydrogen-bond donors (Lipinski definition) is 1. The van der Waals surface area contributed by atoms with E-state index in [-0.39, 0.29) is 30.3 Å². The Balaban J connectivity index is 1.84. The van der Waals surface area contributed by atoms with Crippen LogP contribution in [0.1, 0.15) is 42.2 Å². The first-order valence-corrected chi connectivity index (χ1v) is 8.88. The molecule has 0 aromatic carbocycles. The number of aromatic nitrogens is 2. The van der Waals surface area contributed by atoms with Crippen molar-refractivity contribution >= 4 is 39.1 Å². The zero-order chi connectivity index (χ0) is 17.9. The number of thiophene rings is 1. The molecule has 0 aliphatic heterocycles. The van der Waals surface area contributed by atoms with Gasteiger partial charge in [0.1, 0.15) is 0 Å². The minimum atomic E-state index is -0.288. The van der Waals surface area contributed by atoms with Gasteiger partial charge in [-0.2, -0.15) is 4.98 Å². The van der Waals surface area contributed by atoms with Crippen molar-refractivity contribution in [3.8, 4) is 0 Å². The van der Waals surface area contributed by atoms with Gasteiger partial charge in [-0.05, 0) is 28.1 Å². The van der Waals surface area contributed by atoms with E-state index in [1.54, 1.807) is 19.2 Å². The van der Waals surface area contributed by atoms with Crippen LogP contribution in [0.25, 0.3) is 0 Å². The van der Waals surface area contributed by atoms with Crippen molar-refractivity contribution < 1.29 is 14.1 Å². The number of carbonyl (C=O) groups excluding carboxylic acids is 2. The zero-order valence-electron chi connectivity index (χ0n) is 13.9. The number of hydrogen-bond acceptors (Lipinski definition) is 6. The lowest BCUT2D eigenvalue weighted by Crippen LogP contribution is -2.38. The highest BCUT2D eigenvalue weighted by molar-refractivity contribution is 9.11. The summed E-state index contributed by atoms with van der Waals surface area (Å²) in [6.07, 6.45) is 0. The Kier molecular flexibility index (Phi) is 5.76. The van der Waals surface area contributed by atoms with Crippen LogP contribution in [-0.2, 0) is 16.8 Å². The standard InChI is InChI=1S/C15H19BrN4O3S/c1-15(2,3)14-18-11(19-23-14)7-17-12(21)8-20(4)13(22)9-5-6-10(16)24-9/h5-6H,7-8H2,1-4H3,(H,17,21). The summed E-state index contributed by atoms with van der Waals surface area (Å²) in [5.74, 6) is 0.436. The Morgan fingerprint density at radius 1 is 1.38 bits per heavy atom. The molecule has 0 radical (unpaired) electrons. The van der Waals surface area contributed by atoms with Crippen LogP contribution in [-0.4, -0.2) is 40.4 Å². The second-order valence-electron chi connectivity index (χ2n) is 6.31. The van der Waals surface area contributed by atoms with Crippen molar-refractivity contribution in [2.75, 3.05) is 13.6 Å². The van der Waals surface area contributed by atoms with Gasteiger partial charge in [0.15, 0.2) is 5.82 Å². The molecule has 0 atom stereocenters. The highest BCUT2D eigenvalue weighted by atomic mass is 79.9. The number of likely N-dealkylation sites (N-methyl/N-ethyl adjacent to an activating group) is 1. The van der Waals surface area contributed by atoms with Gasteiger partial charge in [-0.25, -0.2) is 0 Å². The molecule has 0 aliphatic rings. The molecule has 24 heavy (non-hydrogen) atoms. The van der Waals surface area contributed by atoms with E-state index in [1.165, 1.54) is 16.2 Å². The number of nitrogens with zero attached hydrogens (tertiary/aromatic N) is 3. The Morgan fingerprint density at radius 2 is 2.08 bits per heavy atom. The van der Waals surface area contributed by atoms with E-state index in [0.717, 1.165) is 3.79 Å². The number of nitrogens with one attached hydrogen (secondary N) is 1. The number of carbonyl (C=O) groups is 2. The minimum absolute atomic E-state index is 0.0433. The third kappa shape index (κ3) is 4.88. The van der Waals surface area contributed by atoms with E-state index in [4.69, 9.17) is 4.52 Å². The van der Waals surface area contributed by atoms with Crippen molar-refractivity contribution in [2.45, 2.75) is 32.7 Å². The third-order valence-electron chi connectivity index (χ3n) is 3.06. The summed E-state index contributed by atoms with van der Waals surface area (Å²) in [7, 11) is 1.58. The monoisotopic (exact) mass is 414 g/mol. The lowest BCUT2D eigenvalue weighted by atomic mass is 9.97. The molecule has 0 saturated carbocycles. The largest absolute Gasteiger partial charge is 0.347 e. The van der Waals surface area contributed by atoms with Crippen LogP contribution >= 0.6 is 27.3 Å². The molecule has 0 bridgehead atoms. The lowest BCUT2D eigenvalue weighted by molar-refractivity contribution is -0.121. The Morgan fingerprint density at radius 3 is 2.62 bits per heavy atom. The van der Waals surface area contributed by atoms with Gasteiger partial charge in [-0.1, -0.05) is 25.9 Å². The van der Waals surface area contributed by atoms with Crippen molar-refractivity contribution in [3.05, 3.63) is 32.5 Å².